The van der Waals surface area contributed by atoms with Gasteiger partial charge in [0.05, 0.1) is 22.9 Å². The number of nitrogens with zero attached hydrogens (tertiary/aromatic N) is 6. The van der Waals surface area contributed by atoms with E-state index < -0.39 is 23.7 Å². The van der Waals surface area contributed by atoms with E-state index in [9.17, 15) is 23.2 Å². The molecule has 12 heteroatoms. The van der Waals surface area contributed by atoms with Crippen molar-refractivity contribution in [2.45, 2.75) is 55.8 Å². The number of nitrogens with one attached hydrogen (secondary N) is 2. The normalized spacial score (nSPS) is 18.5. The van der Waals surface area contributed by atoms with E-state index in [1.54, 1.807) is 6.07 Å². The lowest BCUT2D eigenvalue weighted by Crippen LogP contribution is -2.33. The Bertz CT molecular complexity index is 1740. The Morgan fingerprint density at radius 3 is 2.67 bits per heavy atom. The minimum Gasteiger partial charge on any atom is -0.324 e. The molecule has 3 aromatic heterocycles. The Labute approximate surface area is 220 Å². The molecule has 4 heterocycles. The second-order valence-corrected chi connectivity index (χ2v) is 10.7. The third-order valence-electron chi connectivity index (χ3n) is 8.01. The van der Waals surface area contributed by atoms with E-state index in [0.717, 1.165) is 36.3 Å². The molecule has 1 aromatic carbocycles. The molecule has 1 spiro atoms. The maximum atomic E-state index is 13.6. The fraction of sp³-hybridized carbons (Fsp3) is 0.370. The highest BCUT2D eigenvalue weighted by atomic mass is 19.4. The predicted molar refractivity (Wildman–Crippen MR) is 136 cm³/mol. The number of rotatable bonds is 5. The van der Waals surface area contributed by atoms with Crippen molar-refractivity contribution in [3.8, 4) is 11.8 Å². The Hall–Kier alpha value is -4.24. The summed E-state index contributed by atoms with van der Waals surface area (Å²) in [6.07, 6.45) is 1.60. The first-order chi connectivity index (χ1) is 18.7. The fourth-order valence-electron chi connectivity index (χ4n) is 5.62. The van der Waals surface area contributed by atoms with Gasteiger partial charge in [0.15, 0.2) is 5.65 Å². The number of anilines is 2. The summed E-state index contributed by atoms with van der Waals surface area (Å²) in [4.78, 5) is 26.1. The van der Waals surface area contributed by atoms with E-state index in [4.69, 9.17) is 0 Å². The number of aromatic nitrogens is 5. The molecule has 9 nitrogen and oxygen atoms in total. The summed E-state index contributed by atoms with van der Waals surface area (Å²) >= 11 is 0. The molecule has 4 aromatic rings. The molecule has 2 N–H and O–H groups in total. The molecule has 2 aliphatic carbocycles. The van der Waals surface area contributed by atoms with Crippen LogP contribution in [0.4, 0.5) is 24.8 Å². The van der Waals surface area contributed by atoms with Crippen molar-refractivity contribution in [2.75, 3.05) is 11.9 Å². The lowest BCUT2D eigenvalue weighted by atomic mass is 9.88. The zero-order chi connectivity index (χ0) is 27.0. The molecule has 1 aliphatic heterocycles. The SMILES string of the molecule is N#CC1(c2cc(-n3c4nc(Nc5ccc6c(c5)CNCC65CC5)ncc4c(=O)n3CC(F)(F)F)ccn2)CC1. The van der Waals surface area contributed by atoms with Gasteiger partial charge in [0.1, 0.15) is 11.9 Å². The zero-order valence-electron chi connectivity index (χ0n) is 20.7. The topological polar surface area (TPSA) is 113 Å². The van der Waals surface area contributed by atoms with Crippen LogP contribution in [0.2, 0.25) is 0 Å². The van der Waals surface area contributed by atoms with Gasteiger partial charge in [0.2, 0.25) is 5.95 Å². The van der Waals surface area contributed by atoms with E-state index in [2.05, 4.69) is 37.7 Å². The van der Waals surface area contributed by atoms with Crippen LogP contribution in [0.15, 0.2) is 47.5 Å². The quantitative estimate of drug-likeness (QED) is 0.400. The van der Waals surface area contributed by atoms with Crippen molar-refractivity contribution < 1.29 is 13.2 Å². The van der Waals surface area contributed by atoms with E-state index in [1.165, 1.54) is 29.6 Å². The first-order valence-electron chi connectivity index (χ1n) is 12.8. The third kappa shape index (κ3) is 3.96. The number of hydrogen-bond acceptors (Lipinski definition) is 7. The van der Waals surface area contributed by atoms with Crippen molar-refractivity contribution in [2.24, 2.45) is 0 Å². The lowest BCUT2D eigenvalue weighted by molar-refractivity contribution is -0.144. The van der Waals surface area contributed by atoms with Crippen LogP contribution in [-0.4, -0.2) is 37.0 Å². The molecule has 39 heavy (non-hydrogen) atoms. The summed E-state index contributed by atoms with van der Waals surface area (Å²) in [5.41, 5.74) is 2.64. The summed E-state index contributed by atoms with van der Waals surface area (Å²) in [6, 6.07) is 11.4. The summed E-state index contributed by atoms with van der Waals surface area (Å²) in [7, 11) is 0. The van der Waals surface area contributed by atoms with E-state index in [1.807, 2.05) is 12.1 Å². The Morgan fingerprint density at radius 1 is 1.13 bits per heavy atom. The van der Waals surface area contributed by atoms with Gasteiger partial charge in [-0.3, -0.25) is 9.78 Å². The van der Waals surface area contributed by atoms with Gasteiger partial charge in [-0.1, -0.05) is 6.07 Å². The monoisotopic (exact) mass is 532 g/mol. The molecule has 0 radical (unpaired) electrons. The lowest BCUT2D eigenvalue weighted by Gasteiger charge is -2.26. The fourth-order valence-corrected chi connectivity index (χ4v) is 5.62. The molecular weight excluding hydrogens is 509 g/mol. The van der Waals surface area contributed by atoms with Crippen molar-refractivity contribution in [3.05, 3.63) is 69.9 Å². The highest BCUT2D eigenvalue weighted by Gasteiger charge is 2.47. The van der Waals surface area contributed by atoms with Crippen LogP contribution in [0.3, 0.4) is 0 Å². The zero-order valence-corrected chi connectivity index (χ0v) is 20.7. The number of halogens is 3. The van der Waals surface area contributed by atoms with Crippen molar-refractivity contribution in [1.29, 1.82) is 5.26 Å². The minimum absolute atomic E-state index is 0.0252. The number of benzene rings is 1. The molecule has 0 atom stereocenters. The molecule has 0 bridgehead atoms. The summed E-state index contributed by atoms with van der Waals surface area (Å²) < 4.78 is 42.4. The van der Waals surface area contributed by atoms with Gasteiger partial charge in [0, 0.05) is 36.6 Å². The first-order valence-corrected chi connectivity index (χ1v) is 12.8. The standard InChI is InChI=1S/C27H23F3N8O/c28-27(29,30)15-37-23(39)19-12-34-24(35-17-1-2-20-16(9-17)11-32-14-26(20)6-7-26)36-22(19)38(37)18-3-8-33-21(10-18)25(13-31)4-5-25/h1-3,8-10,12,32H,4-7,11,14-15H2,(H,34,35,36). The van der Waals surface area contributed by atoms with Gasteiger partial charge in [-0.25, -0.2) is 14.3 Å². The highest BCUT2D eigenvalue weighted by molar-refractivity contribution is 5.77. The maximum Gasteiger partial charge on any atom is 0.408 e. The molecule has 2 saturated carbocycles. The molecule has 0 amide bonds. The summed E-state index contributed by atoms with van der Waals surface area (Å²) in [6.45, 7) is 0.220. The molecule has 7 rings (SSSR count). The second kappa shape index (κ2) is 8.13. The largest absolute Gasteiger partial charge is 0.408 e. The van der Waals surface area contributed by atoms with Crippen molar-refractivity contribution in [1.82, 2.24) is 29.6 Å². The van der Waals surface area contributed by atoms with E-state index in [0.29, 0.717) is 23.2 Å². The van der Waals surface area contributed by atoms with Crippen LogP contribution >= 0.6 is 0 Å². The number of pyridine rings is 1. The summed E-state index contributed by atoms with van der Waals surface area (Å²) in [5.74, 6) is 0.148. The molecule has 198 valence electrons. The first kappa shape index (κ1) is 23.8. The van der Waals surface area contributed by atoms with E-state index >= 15 is 0 Å². The Balaban J connectivity index is 1.32. The van der Waals surface area contributed by atoms with E-state index in [-0.39, 0.29) is 28.1 Å². The van der Waals surface area contributed by atoms with Crippen LogP contribution in [0.5, 0.6) is 0 Å². The molecule has 0 saturated heterocycles. The van der Waals surface area contributed by atoms with Crippen molar-refractivity contribution >= 4 is 22.7 Å². The molecule has 0 unspecified atom stereocenters. The molecular formula is C27H23F3N8O. The minimum atomic E-state index is -4.65. The second-order valence-electron chi connectivity index (χ2n) is 10.7. The average Bonchev–Trinajstić information content (AvgIpc) is 3.84. The van der Waals surface area contributed by atoms with Crippen LogP contribution in [0.25, 0.3) is 16.7 Å². The molecule has 2 fully saturated rings. The van der Waals surface area contributed by atoms with Gasteiger partial charge in [-0.05, 0) is 61.1 Å². The van der Waals surface area contributed by atoms with Gasteiger partial charge < -0.3 is 10.6 Å². The van der Waals surface area contributed by atoms with Gasteiger partial charge in [0.25, 0.3) is 5.56 Å². The van der Waals surface area contributed by atoms with Crippen LogP contribution in [0.1, 0.15) is 42.5 Å². The highest BCUT2D eigenvalue weighted by Crippen LogP contribution is 2.51. The van der Waals surface area contributed by atoms with Gasteiger partial charge >= 0.3 is 6.18 Å². The van der Waals surface area contributed by atoms with Crippen LogP contribution < -0.4 is 16.2 Å². The Kier molecular flexibility index (Phi) is 4.97. The average molecular weight is 533 g/mol. The molecule has 3 aliphatic rings. The smallest absolute Gasteiger partial charge is 0.324 e. The number of hydrogen-bond donors (Lipinski definition) is 2. The van der Waals surface area contributed by atoms with Gasteiger partial charge in [-0.2, -0.15) is 23.4 Å². The Morgan fingerprint density at radius 2 is 1.95 bits per heavy atom. The number of fused-ring (bicyclic) bond motifs is 3. The van der Waals surface area contributed by atoms with Crippen molar-refractivity contribution in [3.63, 3.8) is 0 Å². The third-order valence-corrected chi connectivity index (χ3v) is 8.01. The number of alkyl halides is 3. The maximum absolute atomic E-state index is 13.6. The predicted octanol–water partition coefficient (Wildman–Crippen LogP) is 3.97. The van der Waals surface area contributed by atoms with Crippen LogP contribution in [-0.2, 0) is 23.9 Å². The van der Waals surface area contributed by atoms with Gasteiger partial charge in [-0.15, -0.1) is 0 Å². The summed E-state index contributed by atoms with van der Waals surface area (Å²) in [5, 5.41) is 16.2. The number of nitriles is 1. The van der Waals surface area contributed by atoms with Crippen LogP contribution in [0, 0.1) is 11.3 Å².